The third kappa shape index (κ3) is 1.49. The van der Waals surface area contributed by atoms with E-state index >= 15 is 0 Å². The number of carbonyl (C=O) groups excluding carboxylic acids is 1. The molecule has 0 unspecified atom stereocenters. The molecule has 0 atom stereocenters. The Bertz CT molecular complexity index is 732. The number of rotatable bonds is 1. The Hall–Kier alpha value is -1.95. The number of imidazole rings is 1. The van der Waals surface area contributed by atoms with Crippen LogP contribution in [0.5, 0.6) is 0 Å². The Morgan fingerprint density at radius 1 is 1.53 bits per heavy atom. The molecule has 0 saturated heterocycles. The van der Waals surface area contributed by atoms with Crippen LogP contribution in [0, 0.1) is 5.82 Å². The molecule has 2 heterocycles. The second-order valence-electron chi connectivity index (χ2n) is 3.48. The average Bonchev–Trinajstić information content (AvgIpc) is 2.84. The molecule has 0 aliphatic heterocycles. The number of thiazole rings is 1. The largest absolute Gasteiger partial charge is 0.464 e. The van der Waals surface area contributed by atoms with Gasteiger partial charge in [0, 0.05) is 6.20 Å². The molecule has 1 aromatic carbocycles. The van der Waals surface area contributed by atoms with Gasteiger partial charge in [-0.1, -0.05) is 11.3 Å². The molecular weight excluding hydrogens is 243 g/mol. The lowest BCUT2D eigenvalue weighted by molar-refractivity contribution is 0.0595. The summed E-state index contributed by atoms with van der Waals surface area (Å²) in [4.78, 5) is 16.1. The Balaban J connectivity index is 2.28. The first-order valence-electron chi connectivity index (χ1n) is 4.84. The van der Waals surface area contributed by atoms with Crippen LogP contribution >= 0.6 is 11.3 Å². The minimum absolute atomic E-state index is 0.255. The average molecular weight is 250 g/mol. The van der Waals surface area contributed by atoms with Gasteiger partial charge in [0.1, 0.15) is 5.82 Å². The summed E-state index contributed by atoms with van der Waals surface area (Å²) in [7, 11) is 1.31. The summed E-state index contributed by atoms with van der Waals surface area (Å²) in [6.07, 6.45) is 1.60. The molecule has 3 aromatic rings. The molecule has 0 N–H and O–H groups in total. The molecule has 0 amide bonds. The van der Waals surface area contributed by atoms with E-state index in [-0.39, 0.29) is 11.5 Å². The van der Waals surface area contributed by atoms with Crippen molar-refractivity contribution in [2.45, 2.75) is 0 Å². The maximum Gasteiger partial charge on any atom is 0.358 e. The molecule has 3 rings (SSSR count). The fourth-order valence-corrected chi connectivity index (χ4v) is 2.71. The minimum Gasteiger partial charge on any atom is -0.464 e. The number of hydrogen-bond donors (Lipinski definition) is 0. The molecule has 6 heteroatoms. The SMILES string of the molecule is COC(=O)c1cn2c(n1)sc1cc(F)ccc12. The van der Waals surface area contributed by atoms with Crippen LogP contribution in [0.25, 0.3) is 15.2 Å². The summed E-state index contributed by atoms with van der Waals surface area (Å²) in [6, 6.07) is 4.50. The van der Waals surface area contributed by atoms with Crippen LogP contribution in [0.3, 0.4) is 0 Å². The lowest BCUT2D eigenvalue weighted by atomic mass is 10.3. The van der Waals surface area contributed by atoms with E-state index in [1.165, 1.54) is 30.6 Å². The number of fused-ring (bicyclic) bond motifs is 3. The van der Waals surface area contributed by atoms with E-state index in [1.54, 1.807) is 16.7 Å². The highest BCUT2D eigenvalue weighted by molar-refractivity contribution is 7.23. The fraction of sp³-hybridized carbons (Fsp3) is 0.0909. The smallest absolute Gasteiger partial charge is 0.358 e. The second-order valence-corrected chi connectivity index (χ2v) is 4.49. The molecule has 2 aromatic heterocycles. The predicted molar refractivity (Wildman–Crippen MR) is 61.9 cm³/mol. The zero-order chi connectivity index (χ0) is 12.0. The molecule has 0 aliphatic carbocycles. The Labute approximate surface area is 99.3 Å². The summed E-state index contributed by atoms with van der Waals surface area (Å²) in [6.45, 7) is 0. The van der Waals surface area contributed by atoms with Crippen molar-refractivity contribution in [1.82, 2.24) is 9.38 Å². The highest BCUT2D eigenvalue weighted by atomic mass is 32.1. The molecule has 4 nitrogen and oxygen atoms in total. The summed E-state index contributed by atoms with van der Waals surface area (Å²) >= 11 is 1.33. The number of benzene rings is 1. The predicted octanol–water partition coefficient (Wildman–Crippen LogP) is 2.47. The number of ether oxygens (including phenoxy) is 1. The molecule has 0 spiro atoms. The number of aromatic nitrogens is 2. The van der Waals surface area contributed by atoms with Gasteiger partial charge in [-0.3, -0.25) is 4.40 Å². The molecule has 0 bridgehead atoms. The second kappa shape index (κ2) is 3.53. The monoisotopic (exact) mass is 250 g/mol. The van der Waals surface area contributed by atoms with Crippen molar-refractivity contribution in [3.05, 3.63) is 35.9 Å². The number of methoxy groups -OCH3 is 1. The van der Waals surface area contributed by atoms with Crippen LogP contribution in [0.15, 0.2) is 24.4 Å². The van der Waals surface area contributed by atoms with E-state index in [0.29, 0.717) is 4.96 Å². The summed E-state index contributed by atoms with van der Waals surface area (Å²) < 4.78 is 20.2. The quantitative estimate of drug-likeness (QED) is 0.623. The molecule has 0 saturated carbocycles. The highest BCUT2D eigenvalue weighted by Crippen LogP contribution is 2.27. The first-order chi connectivity index (χ1) is 8.19. The summed E-state index contributed by atoms with van der Waals surface area (Å²) in [5, 5.41) is 0. The number of hydrogen-bond acceptors (Lipinski definition) is 4. The van der Waals surface area contributed by atoms with Crippen molar-refractivity contribution >= 4 is 32.5 Å². The summed E-state index contributed by atoms with van der Waals surface area (Å²) in [5.41, 5.74) is 1.08. The molecule has 0 aliphatic rings. The lowest BCUT2D eigenvalue weighted by Gasteiger charge is -1.92. The highest BCUT2D eigenvalue weighted by Gasteiger charge is 2.14. The van der Waals surface area contributed by atoms with Crippen molar-refractivity contribution in [1.29, 1.82) is 0 Å². The van der Waals surface area contributed by atoms with E-state index in [2.05, 4.69) is 9.72 Å². The van der Waals surface area contributed by atoms with Crippen LogP contribution in [0.2, 0.25) is 0 Å². The van der Waals surface area contributed by atoms with Crippen LogP contribution in [-0.4, -0.2) is 22.5 Å². The van der Waals surface area contributed by atoms with Crippen LogP contribution in [0.4, 0.5) is 4.39 Å². The third-order valence-electron chi connectivity index (χ3n) is 2.45. The van der Waals surface area contributed by atoms with Crippen molar-refractivity contribution in [2.75, 3.05) is 7.11 Å². The van der Waals surface area contributed by atoms with Gasteiger partial charge in [0.25, 0.3) is 0 Å². The first kappa shape index (κ1) is 10.2. The zero-order valence-electron chi connectivity index (χ0n) is 8.81. The van der Waals surface area contributed by atoms with Crippen molar-refractivity contribution < 1.29 is 13.9 Å². The van der Waals surface area contributed by atoms with Gasteiger partial charge in [-0.25, -0.2) is 14.2 Å². The number of esters is 1. The van der Waals surface area contributed by atoms with E-state index in [4.69, 9.17) is 0 Å². The van der Waals surface area contributed by atoms with Crippen molar-refractivity contribution in [2.24, 2.45) is 0 Å². The number of carbonyl (C=O) groups is 1. The van der Waals surface area contributed by atoms with Gasteiger partial charge in [0.2, 0.25) is 0 Å². The zero-order valence-corrected chi connectivity index (χ0v) is 9.62. The molecule has 86 valence electrons. The fourth-order valence-electron chi connectivity index (χ4n) is 1.68. The van der Waals surface area contributed by atoms with Gasteiger partial charge in [0.15, 0.2) is 10.7 Å². The van der Waals surface area contributed by atoms with E-state index in [0.717, 1.165) is 10.2 Å². The third-order valence-corrected chi connectivity index (χ3v) is 3.47. The van der Waals surface area contributed by atoms with E-state index in [9.17, 15) is 9.18 Å². The Kier molecular flexibility index (Phi) is 2.12. The normalized spacial score (nSPS) is 11.2. The molecule has 0 fully saturated rings. The van der Waals surface area contributed by atoms with Gasteiger partial charge in [-0.15, -0.1) is 0 Å². The van der Waals surface area contributed by atoms with Crippen molar-refractivity contribution in [3.63, 3.8) is 0 Å². The number of nitrogens with zero attached hydrogens (tertiary/aromatic N) is 2. The molecule has 17 heavy (non-hydrogen) atoms. The van der Waals surface area contributed by atoms with Crippen LogP contribution in [-0.2, 0) is 4.74 Å². The lowest BCUT2D eigenvalue weighted by Crippen LogP contribution is -2.00. The minimum atomic E-state index is -0.476. The van der Waals surface area contributed by atoms with Gasteiger partial charge >= 0.3 is 5.97 Å². The molecular formula is C11H7FN2O2S. The topological polar surface area (TPSA) is 43.6 Å². The maximum absolute atomic E-state index is 13.0. The van der Waals surface area contributed by atoms with E-state index < -0.39 is 5.97 Å². The van der Waals surface area contributed by atoms with Crippen LogP contribution < -0.4 is 0 Å². The molecule has 0 radical (unpaired) electrons. The number of halogens is 1. The van der Waals surface area contributed by atoms with Gasteiger partial charge in [0.05, 0.1) is 17.3 Å². The standard InChI is InChI=1S/C11H7FN2O2S/c1-16-10(15)7-5-14-8-3-2-6(12)4-9(8)17-11(14)13-7/h2-5H,1H3. The van der Waals surface area contributed by atoms with E-state index in [1.807, 2.05) is 0 Å². The Morgan fingerprint density at radius 2 is 2.35 bits per heavy atom. The van der Waals surface area contributed by atoms with Gasteiger partial charge in [-0.2, -0.15) is 0 Å². The summed E-state index contributed by atoms with van der Waals surface area (Å²) in [5.74, 6) is -0.758. The first-order valence-corrected chi connectivity index (χ1v) is 5.66. The van der Waals surface area contributed by atoms with Gasteiger partial charge < -0.3 is 4.74 Å². The Morgan fingerprint density at radius 3 is 3.12 bits per heavy atom. The van der Waals surface area contributed by atoms with Gasteiger partial charge in [-0.05, 0) is 18.2 Å². The maximum atomic E-state index is 13.0. The van der Waals surface area contributed by atoms with Crippen LogP contribution in [0.1, 0.15) is 10.5 Å². The van der Waals surface area contributed by atoms with Crippen molar-refractivity contribution in [3.8, 4) is 0 Å².